The van der Waals surface area contributed by atoms with Gasteiger partial charge in [-0.05, 0) is 79.3 Å². The third-order valence-corrected chi connectivity index (χ3v) is 7.42. The fourth-order valence-electron chi connectivity index (χ4n) is 5.50. The highest BCUT2D eigenvalue weighted by Crippen LogP contribution is 2.35. The van der Waals surface area contributed by atoms with Gasteiger partial charge in [0.05, 0.1) is 11.1 Å². The molecule has 1 aromatic heterocycles. The Kier molecular flexibility index (Phi) is 5.33. The van der Waals surface area contributed by atoms with Crippen LogP contribution in [-0.2, 0) is 24.1 Å². The number of imide groups is 1. The van der Waals surface area contributed by atoms with E-state index in [9.17, 15) is 14.4 Å². The van der Waals surface area contributed by atoms with Gasteiger partial charge in [-0.15, -0.1) is 0 Å². The predicted molar refractivity (Wildman–Crippen MR) is 139 cm³/mol. The lowest BCUT2D eigenvalue weighted by atomic mass is 9.90. The molecule has 0 radical (unpaired) electrons. The zero-order valence-electron chi connectivity index (χ0n) is 19.7. The molecule has 2 aliphatic rings. The summed E-state index contributed by atoms with van der Waals surface area (Å²) in [5, 5.41) is 1.03. The largest absolute Gasteiger partial charge is 0.399 e. The van der Waals surface area contributed by atoms with Crippen molar-refractivity contribution in [3.05, 3.63) is 94.7 Å². The number of fused-ring (bicyclic) bond motifs is 4. The Bertz CT molecular complexity index is 1470. The molecule has 1 atom stereocenters. The summed E-state index contributed by atoms with van der Waals surface area (Å²) < 4.78 is 0. The molecule has 3 amide bonds. The van der Waals surface area contributed by atoms with E-state index in [1.807, 2.05) is 42.5 Å². The smallest absolute Gasteiger partial charge is 0.261 e. The molecule has 4 aromatic rings. The lowest BCUT2D eigenvalue weighted by Crippen LogP contribution is -2.43. The molecule has 1 aliphatic carbocycles. The minimum Gasteiger partial charge on any atom is -0.399 e. The van der Waals surface area contributed by atoms with E-state index >= 15 is 0 Å². The Morgan fingerprint density at radius 1 is 1.00 bits per heavy atom. The second-order valence-corrected chi connectivity index (χ2v) is 9.52. The Balaban J connectivity index is 1.26. The van der Waals surface area contributed by atoms with Crippen LogP contribution in [0.25, 0.3) is 10.9 Å². The molecule has 0 saturated carbocycles. The van der Waals surface area contributed by atoms with Gasteiger partial charge in [0, 0.05) is 40.6 Å². The van der Waals surface area contributed by atoms with E-state index in [0.717, 1.165) is 52.7 Å². The van der Waals surface area contributed by atoms with E-state index in [0.29, 0.717) is 36.2 Å². The number of amides is 3. The third kappa shape index (κ3) is 3.64. The summed E-state index contributed by atoms with van der Waals surface area (Å²) in [5.74, 6) is -0.418. The first kappa shape index (κ1) is 22.1. The van der Waals surface area contributed by atoms with Crippen LogP contribution in [0.4, 0.5) is 11.4 Å². The fraction of sp³-hybridized carbons (Fsp3) is 0.207. The van der Waals surface area contributed by atoms with Crippen LogP contribution in [0.15, 0.2) is 66.7 Å². The molecule has 3 aromatic carbocycles. The summed E-state index contributed by atoms with van der Waals surface area (Å²) in [6.07, 6.45) is 3.65. The summed E-state index contributed by atoms with van der Waals surface area (Å²) in [4.78, 5) is 44.7. The number of carbonyl (C=O) groups is 3. The molecule has 7 nitrogen and oxygen atoms in total. The highest BCUT2D eigenvalue weighted by atomic mass is 16.2. The van der Waals surface area contributed by atoms with Gasteiger partial charge in [0.2, 0.25) is 6.41 Å². The maximum Gasteiger partial charge on any atom is 0.261 e. The van der Waals surface area contributed by atoms with Gasteiger partial charge in [-0.1, -0.05) is 24.3 Å². The number of aryl methyl sites for hydroxylation is 1. The van der Waals surface area contributed by atoms with E-state index in [1.165, 1.54) is 4.90 Å². The third-order valence-electron chi connectivity index (χ3n) is 7.42. The molecule has 180 valence electrons. The van der Waals surface area contributed by atoms with Crippen LogP contribution in [0, 0.1) is 0 Å². The average molecular weight is 479 g/mol. The van der Waals surface area contributed by atoms with Crippen LogP contribution >= 0.6 is 0 Å². The number of nitrogens with two attached hydrogens (primary N) is 1. The van der Waals surface area contributed by atoms with Crippen LogP contribution in [-0.4, -0.2) is 40.7 Å². The van der Waals surface area contributed by atoms with E-state index in [1.54, 1.807) is 29.2 Å². The van der Waals surface area contributed by atoms with Crippen molar-refractivity contribution in [2.45, 2.75) is 31.7 Å². The van der Waals surface area contributed by atoms with E-state index in [2.05, 4.69) is 4.98 Å². The average Bonchev–Trinajstić information content (AvgIpc) is 3.39. The van der Waals surface area contributed by atoms with Crippen molar-refractivity contribution in [1.82, 2.24) is 9.88 Å². The molecule has 0 saturated heterocycles. The minimum atomic E-state index is -0.209. The zero-order chi connectivity index (χ0) is 24.8. The number of nitrogen functional groups attached to an aromatic ring is 1. The number of H-pyrrole nitrogens is 1. The number of nitrogens with zero attached hydrogens (tertiary/aromatic N) is 2. The summed E-state index contributed by atoms with van der Waals surface area (Å²) in [6.45, 7) is 0.545. The standard InChI is InChI=1S/C29H26N4O3/c30-19-7-5-18(6-8-19)13-14-32(17-34)20-9-11-26-24(15-20)25-16-21(10-12-27(25)31-26)33-28(35)22-3-1-2-4-23(22)29(33)36/h1-9,11,15,17,21,31H,10,12-14,16,30H2. The summed E-state index contributed by atoms with van der Waals surface area (Å²) in [6, 6.07) is 20.5. The molecular formula is C29H26N4O3. The molecule has 36 heavy (non-hydrogen) atoms. The van der Waals surface area contributed by atoms with Crippen LogP contribution in [0.1, 0.15) is 44.0 Å². The quantitative estimate of drug-likeness (QED) is 0.247. The van der Waals surface area contributed by atoms with Gasteiger partial charge < -0.3 is 15.6 Å². The lowest BCUT2D eigenvalue weighted by Gasteiger charge is -2.29. The topological polar surface area (TPSA) is 99.5 Å². The highest BCUT2D eigenvalue weighted by molar-refractivity contribution is 6.21. The number of hydrogen-bond donors (Lipinski definition) is 2. The van der Waals surface area contributed by atoms with Crippen molar-refractivity contribution in [2.24, 2.45) is 0 Å². The second-order valence-electron chi connectivity index (χ2n) is 9.52. The Hall–Kier alpha value is -4.39. The first-order valence-electron chi connectivity index (χ1n) is 12.2. The zero-order valence-corrected chi connectivity index (χ0v) is 19.7. The second kappa shape index (κ2) is 8.68. The Labute approximate surface area is 208 Å². The maximum atomic E-state index is 13.1. The van der Waals surface area contributed by atoms with E-state index in [-0.39, 0.29) is 17.9 Å². The summed E-state index contributed by atoms with van der Waals surface area (Å²) >= 11 is 0. The SMILES string of the molecule is Nc1ccc(CCN(C=O)c2ccc3[nH]c4c(c3c2)CC(N2C(=O)c3ccccc3C2=O)CC4)cc1. The lowest BCUT2D eigenvalue weighted by molar-refractivity contribution is -0.107. The normalized spacial score (nSPS) is 16.8. The fourth-order valence-corrected chi connectivity index (χ4v) is 5.50. The molecule has 0 fully saturated rings. The monoisotopic (exact) mass is 478 g/mol. The molecule has 1 unspecified atom stereocenters. The van der Waals surface area contributed by atoms with Crippen molar-refractivity contribution in [2.75, 3.05) is 17.2 Å². The van der Waals surface area contributed by atoms with Crippen LogP contribution in [0.5, 0.6) is 0 Å². The van der Waals surface area contributed by atoms with Gasteiger partial charge in [-0.25, -0.2) is 0 Å². The molecule has 0 spiro atoms. The molecule has 7 heteroatoms. The molecular weight excluding hydrogens is 452 g/mol. The number of anilines is 2. The van der Waals surface area contributed by atoms with Gasteiger partial charge in [-0.3, -0.25) is 19.3 Å². The number of benzene rings is 3. The molecule has 1 aliphatic heterocycles. The van der Waals surface area contributed by atoms with Crippen LogP contribution in [0.3, 0.4) is 0 Å². The Morgan fingerprint density at radius 3 is 2.42 bits per heavy atom. The van der Waals surface area contributed by atoms with Gasteiger partial charge in [0.1, 0.15) is 0 Å². The molecule has 6 rings (SSSR count). The first-order valence-corrected chi connectivity index (χ1v) is 12.2. The number of aromatic nitrogens is 1. The van der Waals surface area contributed by atoms with Crippen molar-refractivity contribution >= 4 is 40.5 Å². The van der Waals surface area contributed by atoms with Gasteiger partial charge in [0.15, 0.2) is 0 Å². The number of hydrogen-bond acceptors (Lipinski definition) is 4. The minimum absolute atomic E-state index is 0.194. The summed E-state index contributed by atoms with van der Waals surface area (Å²) in [5.41, 5.74) is 12.6. The van der Waals surface area contributed by atoms with Gasteiger partial charge in [0.25, 0.3) is 11.8 Å². The van der Waals surface area contributed by atoms with Crippen LogP contribution < -0.4 is 10.6 Å². The number of aromatic amines is 1. The highest BCUT2D eigenvalue weighted by Gasteiger charge is 2.41. The number of nitrogens with one attached hydrogen (secondary N) is 1. The van der Waals surface area contributed by atoms with E-state index < -0.39 is 0 Å². The maximum absolute atomic E-state index is 13.1. The Morgan fingerprint density at radius 2 is 1.72 bits per heavy atom. The van der Waals surface area contributed by atoms with Crippen molar-refractivity contribution in [1.29, 1.82) is 0 Å². The summed E-state index contributed by atoms with van der Waals surface area (Å²) in [7, 11) is 0. The van der Waals surface area contributed by atoms with E-state index in [4.69, 9.17) is 5.73 Å². The van der Waals surface area contributed by atoms with Crippen molar-refractivity contribution in [3.8, 4) is 0 Å². The van der Waals surface area contributed by atoms with Gasteiger partial charge >= 0.3 is 0 Å². The molecule has 0 bridgehead atoms. The van der Waals surface area contributed by atoms with Gasteiger partial charge in [-0.2, -0.15) is 0 Å². The number of carbonyl (C=O) groups excluding carboxylic acids is 3. The van der Waals surface area contributed by atoms with Crippen molar-refractivity contribution in [3.63, 3.8) is 0 Å². The first-order chi connectivity index (χ1) is 17.5. The molecule has 2 heterocycles. The van der Waals surface area contributed by atoms with Crippen molar-refractivity contribution < 1.29 is 14.4 Å². The number of rotatable bonds is 6. The van der Waals surface area contributed by atoms with Crippen LogP contribution in [0.2, 0.25) is 0 Å². The predicted octanol–water partition coefficient (Wildman–Crippen LogP) is 4.11. The molecule has 3 N–H and O–H groups in total.